The molecule has 5 rings (SSSR count). The highest BCUT2D eigenvalue weighted by atomic mass is 31.2. The molecule has 0 aliphatic rings. The normalized spacial score (nSPS) is 13.6. The minimum absolute atomic E-state index is 0. The Balaban J connectivity index is 0.000000707. The summed E-state index contributed by atoms with van der Waals surface area (Å²) in [5.41, 5.74) is 11.3. The van der Waals surface area contributed by atoms with E-state index in [0.29, 0.717) is 41.0 Å². The predicted octanol–water partition coefficient (Wildman–Crippen LogP) is 7.47. The number of nitriles is 1. The third-order valence-corrected chi connectivity index (χ3v) is 14.2. The van der Waals surface area contributed by atoms with E-state index in [9.17, 15) is 33.6 Å². The number of aliphatic hydroxyl groups excluding tert-OH is 1. The van der Waals surface area contributed by atoms with Gasteiger partial charge in [-0.3, -0.25) is 28.3 Å². The number of hydrogen-bond donors (Lipinski definition) is 5. The Morgan fingerprint density at radius 1 is 0.651 bits per heavy atom. The molecule has 0 aliphatic heterocycles. The maximum atomic E-state index is 13.9. The van der Waals surface area contributed by atoms with Gasteiger partial charge in [-0.15, -0.1) is 0 Å². The van der Waals surface area contributed by atoms with Gasteiger partial charge in [0.15, 0.2) is 22.9 Å². The molecule has 4 heterocycles. The summed E-state index contributed by atoms with van der Waals surface area (Å²) < 4.78 is 74.7. The Bertz CT molecular complexity index is 3000. The zero-order valence-corrected chi connectivity index (χ0v) is 50.3. The van der Waals surface area contributed by atoms with Crippen LogP contribution in [0.25, 0.3) is 22.3 Å². The number of benzene rings is 1. The molecule has 30 heteroatoms. The third kappa shape index (κ3) is 25.4. The number of anilines is 2. The smallest absolute Gasteiger partial charge is 0.342 e. The Labute approximate surface area is 486 Å². The van der Waals surface area contributed by atoms with E-state index < -0.39 is 56.2 Å². The summed E-state index contributed by atoms with van der Waals surface area (Å²) in [6.45, 7) is 23.9. The van der Waals surface area contributed by atoms with E-state index in [1.54, 1.807) is 123 Å². The van der Waals surface area contributed by atoms with Crippen LogP contribution in [0.4, 0.5) is 11.6 Å². The van der Waals surface area contributed by atoms with Crippen molar-refractivity contribution in [1.29, 1.82) is 5.26 Å². The molecule has 0 saturated heterocycles. The number of rotatable bonds is 28. The number of esters is 4. The average molecular weight is 1210 g/mol. The second-order valence-corrected chi connectivity index (χ2v) is 24.6. The second kappa shape index (κ2) is 34.2. The first-order valence-corrected chi connectivity index (χ1v) is 29.5. The van der Waals surface area contributed by atoms with Crippen LogP contribution >= 0.6 is 15.0 Å². The van der Waals surface area contributed by atoms with E-state index in [1.807, 2.05) is 6.07 Å². The van der Waals surface area contributed by atoms with Gasteiger partial charge in [0.1, 0.15) is 53.2 Å². The van der Waals surface area contributed by atoms with Crippen molar-refractivity contribution in [2.24, 2.45) is 0 Å². The number of nitrogens with two attached hydrogens (primary N) is 2. The maximum Gasteiger partial charge on any atom is 0.342 e. The van der Waals surface area contributed by atoms with Gasteiger partial charge in [-0.05, 0) is 115 Å². The Morgan fingerprint density at radius 2 is 1.07 bits per heavy atom. The van der Waals surface area contributed by atoms with Gasteiger partial charge in [0.2, 0.25) is 0 Å². The molecule has 464 valence electrons. The van der Waals surface area contributed by atoms with E-state index in [4.69, 9.17) is 54.0 Å². The molecule has 28 nitrogen and oxygen atoms in total. The highest BCUT2D eigenvalue weighted by Crippen LogP contribution is 2.47. The fourth-order valence-corrected chi connectivity index (χ4v) is 10.8. The molecule has 5 aromatic rings. The number of carbonyl (C=O) groups excluding carboxylic acids is 4. The van der Waals surface area contributed by atoms with Crippen molar-refractivity contribution >= 4 is 72.9 Å². The topological polar surface area (TPSA) is 384 Å². The number of hydrogen-bond acceptors (Lipinski definition) is 24. The van der Waals surface area contributed by atoms with Crippen LogP contribution in [-0.2, 0) is 74.3 Å². The molecule has 2 unspecified atom stereocenters. The van der Waals surface area contributed by atoms with Crippen molar-refractivity contribution in [1.82, 2.24) is 49.2 Å². The molecule has 0 bridgehead atoms. The number of nitrogen functional groups attached to an aromatic ring is 2. The lowest BCUT2D eigenvalue weighted by Crippen LogP contribution is -2.48. The van der Waals surface area contributed by atoms with Crippen molar-refractivity contribution in [2.75, 3.05) is 37.4 Å². The second-order valence-electron chi connectivity index (χ2n) is 20.5. The van der Waals surface area contributed by atoms with Crippen molar-refractivity contribution in [3.05, 3.63) is 55.1 Å². The molecule has 83 heavy (non-hydrogen) atoms. The summed E-state index contributed by atoms with van der Waals surface area (Å²) in [5.74, 6) is -1.30. The zero-order valence-electron chi connectivity index (χ0n) is 48.5. The van der Waals surface area contributed by atoms with E-state index in [1.165, 1.54) is 32.6 Å². The Kier molecular flexibility index (Phi) is 30.6. The Morgan fingerprint density at radius 3 is 1.49 bits per heavy atom. The largest absolute Gasteiger partial charge is 0.463 e. The number of nitrogens with one attached hydrogen (secondary N) is 2. The van der Waals surface area contributed by atoms with Gasteiger partial charge >= 0.3 is 31.4 Å². The summed E-state index contributed by atoms with van der Waals surface area (Å²) in [7, 11) is -7.62. The summed E-state index contributed by atoms with van der Waals surface area (Å²) >= 11 is 0. The first-order chi connectivity index (χ1) is 37.8. The van der Waals surface area contributed by atoms with Gasteiger partial charge in [0.25, 0.3) is 7.52 Å². The first kappa shape index (κ1) is 74.3. The Hall–Kier alpha value is -6.69. The number of aliphatic hydroxyl groups is 1. The summed E-state index contributed by atoms with van der Waals surface area (Å²) in [6, 6.07) is 8.24. The molecule has 0 saturated carbocycles. The van der Waals surface area contributed by atoms with Crippen molar-refractivity contribution < 1.29 is 70.9 Å². The average Bonchev–Trinajstić information content (AvgIpc) is 4.18. The monoisotopic (exact) mass is 1210 g/mol. The lowest BCUT2D eigenvalue weighted by molar-refractivity contribution is -0.154. The summed E-state index contributed by atoms with van der Waals surface area (Å²) in [4.78, 5) is 72.2. The number of nitrogens with zero attached hydrogens (tertiary/aromatic N) is 9. The fourth-order valence-electron chi connectivity index (χ4n) is 6.83. The first-order valence-electron chi connectivity index (χ1n) is 25.9. The molecule has 0 aliphatic carbocycles. The number of ether oxygens (including phenoxy) is 6. The van der Waals surface area contributed by atoms with Crippen molar-refractivity contribution in [3.63, 3.8) is 0 Å². The highest BCUT2D eigenvalue weighted by Gasteiger charge is 2.41. The van der Waals surface area contributed by atoms with Crippen LogP contribution in [0.15, 0.2) is 49.6 Å². The number of imidazole rings is 2. The van der Waals surface area contributed by atoms with Gasteiger partial charge < -0.3 is 63.2 Å². The van der Waals surface area contributed by atoms with Gasteiger partial charge in [-0.1, -0.05) is 20.9 Å². The molecule has 0 fully saturated rings. The van der Waals surface area contributed by atoms with Crippen LogP contribution < -0.4 is 26.2 Å². The molecular formula is C53H87N13O15P2. The van der Waals surface area contributed by atoms with Crippen LogP contribution in [0.2, 0.25) is 0 Å². The molecular weight excluding hydrogens is 1120 g/mol. The third-order valence-electron chi connectivity index (χ3n) is 10.3. The fraction of sp³-hybridized carbons (Fsp3) is 0.604. The summed E-state index contributed by atoms with van der Waals surface area (Å²) in [6.07, 6.45) is 3.10. The molecule has 0 spiro atoms. The molecule has 1 aromatic carbocycles. The number of carbonyl (C=O) groups is 4. The molecule has 0 amide bonds. The van der Waals surface area contributed by atoms with Crippen LogP contribution in [0.5, 0.6) is 5.75 Å². The molecule has 4 aromatic heterocycles. The number of fused-ring (bicyclic) bond motifs is 2. The van der Waals surface area contributed by atoms with Crippen molar-refractivity contribution in [2.45, 2.75) is 185 Å². The standard InChI is InChI=1S/C23H30N7O5P.C22H37N6O7P.C6H12O3.2CH4/c1-15(2)34-22(31)23(4,5)29-36(32,35-18-8-6-7-17(9-18)10-24)14-33-16(3)11-30-13-28-19-20(25)26-12-27-21(19)30;1-14(2)34-17(29)8-9-33-36(31,27-22(6,7)21(30)35-15(3)4)13-32-16(5)10-28-12-26-18-19(23)24-11-25-20(18)28;1-5(2)9-6(8)3-4-7;;/h6-9,12-13,15-16H,11,14H2,1-5H3,(H,29,32)(H2,25,26,27);11-12,14-16H,8-10,13H2,1-7H3,(H,27,31)(H2,23,24,25);5,7H,3-4H2,1-2H3;2*1H4/t2*16-,36?;;;/m11.../s1. The van der Waals surface area contributed by atoms with Crippen molar-refractivity contribution in [3.8, 4) is 11.8 Å². The molecule has 7 N–H and O–H groups in total. The van der Waals surface area contributed by atoms with Crippen LogP contribution in [-0.4, -0.2) is 142 Å². The van der Waals surface area contributed by atoms with Gasteiger partial charge in [-0.25, -0.2) is 40.1 Å². The van der Waals surface area contributed by atoms with E-state index in [-0.39, 0.29) is 101 Å². The van der Waals surface area contributed by atoms with Gasteiger partial charge in [0.05, 0.1) is 100 Å². The van der Waals surface area contributed by atoms with E-state index in [2.05, 4.69) is 40.1 Å². The molecule has 0 radical (unpaired) electrons. The minimum atomic E-state index is -3.84. The van der Waals surface area contributed by atoms with Gasteiger partial charge in [0, 0.05) is 0 Å². The highest BCUT2D eigenvalue weighted by molar-refractivity contribution is 7.57. The van der Waals surface area contributed by atoms with Gasteiger partial charge in [-0.2, -0.15) is 5.26 Å². The molecule has 4 atom stereocenters. The van der Waals surface area contributed by atoms with E-state index >= 15 is 0 Å². The minimum Gasteiger partial charge on any atom is -0.463 e. The van der Waals surface area contributed by atoms with Crippen LogP contribution in [0, 0.1) is 11.3 Å². The van der Waals surface area contributed by atoms with Crippen LogP contribution in [0.1, 0.15) is 130 Å². The quantitative estimate of drug-likeness (QED) is 0.0184. The number of aromatic nitrogens is 8. The lowest BCUT2D eigenvalue weighted by Gasteiger charge is -2.31. The maximum absolute atomic E-state index is 13.9. The SMILES string of the molecule is C.C.CC(C)OC(=O)C(C)(C)NP(=O)(CO[C@H](C)Cn1cnc2c(N)ncnc21)Oc1cccc(C#N)c1.CC(C)OC(=O)CCO.CC(C)OC(=O)CCOP(=O)(CO[C@H](C)Cn1cnc2c(N)ncnc21)NC(C)(C)C(=O)OC(C)C. The van der Waals surface area contributed by atoms with Crippen LogP contribution in [0.3, 0.4) is 0 Å². The summed E-state index contributed by atoms with van der Waals surface area (Å²) in [5, 5.41) is 23.0. The van der Waals surface area contributed by atoms with E-state index in [0.717, 1.165) is 0 Å². The lowest BCUT2D eigenvalue weighted by atomic mass is 10.1. The predicted molar refractivity (Wildman–Crippen MR) is 312 cm³/mol. The zero-order chi connectivity index (χ0) is 60.9.